The molecule has 0 spiro atoms. The minimum absolute atomic E-state index is 0.0771. The number of nitrogens with zero attached hydrogens (tertiary/aromatic N) is 2. The summed E-state index contributed by atoms with van der Waals surface area (Å²) >= 11 is 0. The number of unbranched alkanes of at least 4 members (excludes halogenated alkanes) is 3. The molecule has 316 valence electrons. The highest BCUT2D eigenvalue weighted by atomic mass is 32.2. The van der Waals surface area contributed by atoms with Gasteiger partial charge in [0.25, 0.3) is 20.2 Å². The van der Waals surface area contributed by atoms with Gasteiger partial charge in [-0.2, -0.15) is 16.8 Å². The normalized spacial score (nSPS) is 20.1. The lowest BCUT2D eigenvalue weighted by Crippen LogP contribution is -2.40. The predicted octanol–water partition coefficient (Wildman–Crippen LogP) is 9.39. The average Bonchev–Trinajstić information content (AvgIpc) is 3.52. The fourth-order valence-corrected chi connectivity index (χ4v) is 9.83. The van der Waals surface area contributed by atoms with Crippen molar-refractivity contribution in [1.82, 2.24) is 0 Å². The Morgan fingerprint density at radius 3 is 2.14 bits per heavy atom. The highest BCUT2D eigenvalue weighted by Gasteiger charge is 2.43. The molecule has 6 rings (SSSR count). The number of hydrogen-bond acceptors (Lipinski definition) is 8. The number of ether oxygens (including phenoxy) is 1. The van der Waals surface area contributed by atoms with Crippen molar-refractivity contribution in [2.75, 3.05) is 28.6 Å². The number of hydrogen-bond donors (Lipinski definition) is 3. The zero-order valence-electron chi connectivity index (χ0n) is 34.3. The number of benzene rings is 3. The lowest BCUT2D eigenvalue weighted by Gasteiger charge is -2.33. The summed E-state index contributed by atoms with van der Waals surface area (Å²) < 4.78 is 72.3. The Bertz CT molecular complexity index is 2380. The van der Waals surface area contributed by atoms with E-state index >= 15 is 0 Å². The van der Waals surface area contributed by atoms with Crippen molar-refractivity contribution in [2.45, 2.75) is 107 Å². The van der Waals surface area contributed by atoms with Crippen LogP contribution in [0.25, 0.3) is 0 Å². The highest BCUT2D eigenvalue weighted by molar-refractivity contribution is 7.86. The van der Waals surface area contributed by atoms with Crippen molar-refractivity contribution in [2.24, 2.45) is 0 Å². The number of allylic oxidation sites excluding steroid dienone is 6. The Kier molecular flexibility index (Phi) is 13.3. The Hall–Kier alpha value is -4.69. The molecular weight excluding hydrogens is 789 g/mol. The molecule has 2 aliphatic heterocycles. The second kappa shape index (κ2) is 17.9. The topological polar surface area (TPSA) is 162 Å². The molecule has 1 atom stereocenters. The van der Waals surface area contributed by atoms with Gasteiger partial charge in [-0.15, -0.1) is 0 Å². The van der Waals surface area contributed by atoms with E-state index in [1.165, 1.54) is 35.4 Å². The van der Waals surface area contributed by atoms with Gasteiger partial charge in [-0.1, -0.05) is 88.7 Å². The van der Waals surface area contributed by atoms with E-state index in [0.717, 1.165) is 66.9 Å². The molecule has 3 N–H and O–H groups in total. The van der Waals surface area contributed by atoms with E-state index in [4.69, 9.17) is 9.84 Å². The first-order valence-corrected chi connectivity index (χ1v) is 23.4. The zero-order valence-corrected chi connectivity index (χ0v) is 35.9. The molecule has 2 heterocycles. The van der Waals surface area contributed by atoms with Gasteiger partial charge >= 0.3 is 5.97 Å². The number of carboxylic acids is 1. The molecule has 59 heavy (non-hydrogen) atoms. The fraction of sp³-hybridized carbons (Fsp3) is 0.413. The van der Waals surface area contributed by atoms with Crippen LogP contribution in [0, 0.1) is 0 Å². The SMILES string of the molecule is CC1(C)/C(=C\C=C2/CCCC(/C=C/C3N(CCCCS(=O)(=O)O)c4ccccc4C3(C)C)=C2Oc2ccc(S(=O)(=O)O)cc2)N(CCCCCC(=O)O)c2ccccc21. The molecule has 11 nitrogen and oxygen atoms in total. The lowest BCUT2D eigenvalue weighted by atomic mass is 9.80. The quantitative estimate of drug-likeness (QED) is 0.0877. The van der Waals surface area contributed by atoms with E-state index < -0.39 is 26.2 Å². The Labute approximate surface area is 349 Å². The second-order valence-corrected chi connectivity index (χ2v) is 19.7. The molecule has 0 bridgehead atoms. The number of aliphatic carboxylic acids is 1. The maximum absolute atomic E-state index is 11.8. The van der Waals surface area contributed by atoms with E-state index in [9.17, 15) is 30.7 Å². The predicted molar refractivity (Wildman–Crippen MR) is 232 cm³/mol. The molecule has 0 fully saturated rings. The number of rotatable bonds is 17. The van der Waals surface area contributed by atoms with Crippen molar-refractivity contribution in [3.63, 3.8) is 0 Å². The van der Waals surface area contributed by atoms with Crippen LogP contribution in [0.3, 0.4) is 0 Å². The van der Waals surface area contributed by atoms with Gasteiger partial charge < -0.3 is 19.6 Å². The first-order chi connectivity index (χ1) is 27.9. The van der Waals surface area contributed by atoms with Crippen LogP contribution in [-0.4, -0.2) is 61.9 Å². The van der Waals surface area contributed by atoms with Crippen LogP contribution >= 0.6 is 0 Å². The van der Waals surface area contributed by atoms with Crippen molar-refractivity contribution >= 4 is 37.6 Å². The van der Waals surface area contributed by atoms with E-state index in [1.54, 1.807) is 0 Å². The number of anilines is 2. The maximum atomic E-state index is 11.8. The third kappa shape index (κ3) is 10.2. The summed E-state index contributed by atoms with van der Waals surface area (Å²) in [6.07, 6.45) is 14.3. The summed E-state index contributed by atoms with van der Waals surface area (Å²) in [6, 6.07) is 22.3. The molecular formula is C46H56N2O9S2. The van der Waals surface area contributed by atoms with Gasteiger partial charge in [0, 0.05) is 47.4 Å². The third-order valence-corrected chi connectivity index (χ3v) is 13.5. The lowest BCUT2D eigenvalue weighted by molar-refractivity contribution is -0.137. The van der Waals surface area contributed by atoms with Crippen molar-refractivity contribution < 1.29 is 40.6 Å². The Morgan fingerprint density at radius 1 is 0.797 bits per heavy atom. The minimum atomic E-state index is -4.39. The van der Waals surface area contributed by atoms with E-state index in [0.29, 0.717) is 37.3 Å². The van der Waals surface area contributed by atoms with Crippen LogP contribution in [0.1, 0.15) is 96.6 Å². The van der Waals surface area contributed by atoms with Crippen LogP contribution in [-0.2, 0) is 35.9 Å². The van der Waals surface area contributed by atoms with Gasteiger partial charge in [0.1, 0.15) is 11.5 Å². The first kappa shape index (κ1) is 43.9. The number of fused-ring (bicyclic) bond motifs is 2. The Morgan fingerprint density at radius 2 is 1.46 bits per heavy atom. The molecule has 1 aliphatic carbocycles. The maximum Gasteiger partial charge on any atom is 0.303 e. The molecule has 3 aromatic rings. The molecule has 1 unspecified atom stereocenters. The molecule has 3 aliphatic rings. The number of carbonyl (C=O) groups is 1. The van der Waals surface area contributed by atoms with Crippen LogP contribution in [0.2, 0.25) is 0 Å². The van der Waals surface area contributed by atoms with Crippen LogP contribution in [0.5, 0.6) is 5.75 Å². The standard InChI is InChI=1S/C46H56N2O9S2/c1-45(2)37-17-7-9-19-39(37)47(30-11-5-6-21-43(49)50)41(45)28-22-33-15-14-16-34(44(33)57-35-24-26-36(27-25-35)59(54,55)56)23-29-42-46(3,4)38-18-8-10-20-40(38)48(42)31-12-13-32-58(51,52)53/h7-10,17-20,22-29,42H,5-6,11-16,21,30-32H2,1-4H3,(H,49,50)(H,51,52,53)(H,54,55,56)/b29-23+,33-22+,41-28+. The monoisotopic (exact) mass is 844 g/mol. The fourth-order valence-electron chi connectivity index (χ4n) is 8.78. The number of para-hydroxylation sites is 2. The molecule has 0 aromatic heterocycles. The first-order valence-electron chi connectivity index (χ1n) is 20.4. The third-order valence-electron chi connectivity index (χ3n) is 11.8. The smallest absolute Gasteiger partial charge is 0.303 e. The summed E-state index contributed by atoms with van der Waals surface area (Å²) in [5, 5.41) is 9.15. The van der Waals surface area contributed by atoms with Gasteiger partial charge in [0.05, 0.1) is 16.7 Å². The molecule has 0 saturated carbocycles. The summed E-state index contributed by atoms with van der Waals surface area (Å²) in [6.45, 7) is 10.2. The molecule has 13 heteroatoms. The van der Waals surface area contributed by atoms with Crippen molar-refractivity contribution in [1.29, 1.82) is 0 Å². The molecule has 3 aromatic carbocycles. The van der Waals surface area contributed by atoms with Crippen LogP contribution < -0.4 is 14.5 Å². The van der Waals surface area contributed by atoms with Crippen LogP contribution in [0.4, 0.5) is 11.4 Å². The second-order valence-electron chi connectivity index (χ2n) is 16.7. The number of carboxylic acid groups (broad SMARTS) is 1. The molecule has 0 saturated heterocycles. The van der Waals surface area contributed by atoms with E-state index in [1.807, 2.05) is 18.2 Å². The van der Waals surface area contributed by atoms with Gasteiger partial charge in [-0.05, 0) is 110 Å². The Balaban J connectivity index is 1.38. The van der Waals surface area contributed by atoms with Crippen molar-refractivity contribution in [3.8, 4) is 5.75 Å². The summed E-state index contributed by atoms with van der Waals surface area (Å²) in [5.41, 5.74) is 7.12. The average molecular weight is 845 g/mol. The van der Waals surface area contributed by atoms with Gasteiger partial charge in [0.2, 0.25) is 0 Å². The van der Waals surface area contributed by atoms with E-state index in [-0.39, 0.29) is 33.9 Å². The highest BCUT2D eigenvalue weighted by Crippen LogP contribution is 2.49. The van der Waals surface area contributed by atoms with Gasteiger partial charge in [-0.25, -0.2) is 0 Å². The zero-order chi connectivity index (χ0) is 42.6. The molecule has 0 radical (unpaired) electrons. The van der Waals surface area contributed by atoms with Crippen LogP contribution in [0.15, 0.2) is 125 Å². The minimum Gasteiger partial charge on any atom is -0.481 e. The van der Waals surface area contributed by atoms with E-state index in [2.05, 4.69) is 92.1 Å². The largest absolute Gasteiger partial charge is 0.481 e. The summed E-state index contributed by atoms with van der Waals surface area (Å²) in [5.74, 6) is 0.0228. The van der Waals surface area contributed by atoms with Crippen molar-refractivity contribution in [3.05, 3.63) is 131 Å². The molecule has 0 amide bonds. The van der Waals surface area contributed by atoms with Gasteiger partial charge in [0.15, 0.2) is 0 Å². The van der Waals surface area contributed by atoms with Gasteiger partial charge in [-0.3, -0.25) is 13.9 Å². The summed E-state index contributed by atoms with van der Waals surface area (Å²) in [7, 11) is -8.45. The summed E-state index contributed by atoms with van der Waals surface area (Å²) in [4.78, 5) is 15.6.